The molecule has 0 aliphatic carbocycles. The molecule has 0 saturated carbocycles. The summed E-state index contributed by atoms with van der Waals surface area (Å²) in [5.41, 5.74) is 1.92. The van der Waals surface area contributed by atoms with Crippen LogP contribution in [0.1, 0.15) is 23.0 Å². The molecule has 0 spiro atoms. The SMILES string of the molecule is CCOc1ccccc1NC(=O)c1nn(C)cc1C. The first kappa shape index (κ1) is 13.1. The molecule has 5 nitrogen and oxygen atoms in total. The summed E-state index contributed by atoms with van der Waals surface area (Å²) in [5, 5.41) is 6.97. The third-order valence-electron chi connectivity index (χ3n) is 2.66. The number of para-hydroxylation sites is 2. The molecule has 0 atom stereocenters. The third-order valence-corrected chi connectivity index (χ3v) is 2.66. The van der Waals surface area contributed by atoms with Gasteiger partial charge in [-0.1, -0.05) is 12.1 Å². The highest BCUT2D eigenvalue weighted by molar-refractivity contribution is 6.04. The Labute approximate surface area is 112 Å². The molecule has 0 radical (unpaired) electrons. The lowest BCUT2D eigenvalue weighted by atomic mass is 10.2. The minimum absolute atomic E-state index is 0.231. The lowest BCUT2D eigenvalue weighted by Crippen LogP contribution is -2.15. The fourth-order valence-electron chi connectivity index (χ4n) is 1.86. The molecule has 1 aromatic carbocycles. The first-order valence-electron chi connectivity index (χ1n) is 6.15. The van der Waals surface area contributed by atoms with E-state index in [0.717, 1.165) is 5.56 Å². The van der Waals surface area contributed by atoms with Gasteiger partial charge in [0.1, 0.15) is 5.75 Å². The number of anilines is 1. The highest BCUT2D eigenvalue weighted by atomic mass is 16.5. The average molecular weight is 259 g/mol. The number of ether oxygens (including phenoxy) is 1. The Hall–Kier alpha value is -2.30. The quantitative estimate of drug-likeness (QED) is 0.917. The maximum absolute atomic E-state index is 12.2. The van der Waals surface area contributed by atoms with Crippen molar-refractivity contribution in [1.82, 2.24) is 9.78 Å². The molecule has 1 aromatic heterocycles. The van der Waals surface area contributed by atoms with Crippen LogP contribution in [-0.2, 0) is 7.05 Å². The van der Waals surface area contributed by atoms with Crippen molar-refractivity contribution in [3.8, 4) is 5.75 Å². The van der Waals surface area contributed by atoms with Crippen molar-refractivity contribution in [3.05, 3.63) is 41.7 Å². The number of carbonyl (C=O) groups is 1. The van der Waals surface area contributed by atoms with Crippen LogP contribution in [0.5, 0.6) is 5.75 Å². The number of aryl methyl sites for hydroxylation is 2. The molecule has 0 aliphatic rings. The van der Waals surface area contributed by atoms with Crippen molar-refractivity contribution in [2.45, 2.75) is 13.8 Å². The van der Waals surface area contributed by atoms with Gasteiger partial charge >= 0.3 is 0 Å². The predicted octanol–water partition coefficient (Wildman–Crippen LogP) is 2.38. The van der Waals surface area contributed by atoms with E-state index >= 15 is 0 Å². The lowest BCUT2D eigenvalue weighted by molar-refractivity contribution is 0.102. The number of benzene rings is 1. The van der Waals surface area contributed by atoms with Crippen LogP contribution >= 0.6 is 0 Å². The van der Waals surface area contributed by atoms with Gasteiger partial charge in [0, 0.05) is 18.8 Å². The summed E-state index contributed by atoms with van der Waals surface area (Å²) in [6.45, 7) is 4.31. The van der Waals surface area contributed by atoms with Crippen LogP contribution in [0.2, 0.25) is 0 Å². The third kappa shape index (κ3) is 2.93. The zero-order valence-electron chi connectivity index (χ0n) is 11.3. The second kappa shape index (κ2) is 5.56. The van der Waals surface area contributed by atoms with Crippen LogP contribution in [0.4, 0.5) is 5.69 Å². The standard InChI is InChI=1S/C14H17N3O2/c1-4-19-12-8-6-5-7-11(12)15-14(18)13-10(2)9-17(3)16-13/h5-9H,4H2,1-3H3,(H,15,18). The monoisotopic (exact) mass is 259 g/mol. The zero-order valence-corrected chi connectivity index (χ0v) is 11.3. The van der Waals surface area contributed by atoms with E-state index in [0.29, 0.717) is 23.7 Å². The minimum atomic E-state index is -0.231. The molecule has 1 amide bonds. The first-order chi connectivity index (χ1) is 9.11. The van der Waals surface area contributed by atoms with Gasteiger partial charge in [-0.05, 0) is 26.0 Å². The fourth-order valence-corrected chi connectivity index (χ4v) is 1.86. The van der Waals surface area contributed by atoms with E-state index in [4.69, 9.17) is 4.74 Å². The van der Waals surface area contributed by atoms with Crippen molar-refractivity contribution in [2.75, 3.05) is 11.9 Å². The van der Waals surface area contributed by atoms with Crippen molar-refractivity contribution in [3.63, 3.8) is 0 Å². The Balaban J connectivity index is 2.21. The largest absolute Gasteiger partial charge is 0.492 e. The normalized spacial score (nSPS) is 10.3. The van der Waals surface area contributed by atoms with E-state index in [1.807, 2.05) is 38.2 Å². The Bertz CT molecular complexity index is 590. The van der Waals surface area contributed by atoms with Crippen molar-refractivity contribution in [2.24, 2.45) is 7.05 Å². The van der Waals surface area contributed by atoms with Crippen LogP contribution in [0, 0.1) is 6.92 Å². The molecule has 2 aromatic rings. The molecule has 0 bridgehead atoms. The maximum Gasteiger partial charge on any atom is 0.276 e. The number of carbonyl (C=O) groups excluding carboxylic acids is 1. The number of nitrogens with zero attached hydrogens (tertiary/aromatic N) is 2. The number of rotatable bonds is 4. The van der Waals surface area contributed by atoms with Crippen molar-refractivity contribution in [1.29, 1.82) is 0 Å². The molecular weight excluding hydrogens is 242 g/mol. The highest BCUT2D eigenvalue weighted by Gasteiger charge is 2.15. The molecule has 1 N–H and O–H groups in total. The van der Waals surface area contributed by atoms with Crippen LogP contribution in [-0.4, -0.2) is 22.3 Å². The summed E-state index contributed by atoms with van der Waals surface area (Å²) in [6.07, 6.45) is 1.81. The predicted molar refractivity (Wildman–Crippen MR) is 73.5 cm³/mol. The van der Waals surface area contributed by atoms with Gasteiger partial charge in [-0.15, -0.1) is 0 Å². The van der Waals surface area contributed by atoms with Crippen LogP contribution in [0.25, 0.3) is 0 Å². The molecule has 1 heterocycles. The number of aromatic nitrogens is 2. The molecule has 5 heteroatoms. The summed E-state index contributed by atoms with van der Waals surface area (Å²) < 4.78 is 7.09. The van der Waals surface area contributed by atoms with E-state index < -0.39 is 0 Å². The number of hydrogen-bond acceptors (Lipinski definition) is 3. The number of nitrogens with one attached hydrogen (secondary N) is 1. The Morgan fingerprint density at radius 1 is 1.42 bits per heavy atom. The first-order valence-corrected chi connectivity index (χ1v) is 6.15. The molecule has 2 rings (SSSR count). The average Bonchev–Trinajstić information content (AvgIpc) is 2.71. The summed E-state index contributed by atoms with van der Waals surface area (Å²) in [4.78, 5) is 12.2. The van der Waals surface area contributed by atoms with Gasteiger partial charge in [-0.2, -0.15) is 5.10 Å². The maximum atomic E-state index is 12.2. The molecule has 19 heavy (non-hydrogen) atoms. The van der Waals surface area contributed by atoms with Crippen LogP contribution in [0.3, 0.4) is 0 Å². The summed E-state index contributed by atoms with van der Waals surface area (Å²) in [7, 11) is 1.79. The smallest absolute Gasteiger partial charge is 0.276 e. The van der Waals surface area contributed by atoms with Gasteiger partial charge in [0.2, 0.25) is 0 Å². The van der Waals surface area contributed by atoms with Gasteiger partial charge in [0.25, 0.3) is 5.91 Å². The summed E-state index contributed by atoms with van der Waals surface area (Å²) in [6, 6.07) is 7.35. The fraction of sp³-hybridized carbons (Fsp3) is 0.286. The van der Waals surface area contributed by atoms with Gasteiger partial charge in [0.05, 0.1) is 12.3 Å². The van der Waals surface area contributed by atoms with Crippen molar-refractivity contribution < 1.29 is 9.53 Å². The molecule has 100 valence electrons. The second-order valence-electron chi connectivity index (χ2n) is 4.22. The number of hydrogen-bond donors (Lipinski definition) is 1. The summed E-state index contributed by atoms with van der Waals surface area (Å²) >= 11 is 0. The second-order valence-corrected chi connectivity index (χ2v) is 4.22. The Morgan fingerprint density at radius 2 is 2.16 bits per heavy atom. The van der Waals surface area contributed by atoms with Gasteiger partial charge < -0.3 is 10.1 Å². The highest BCUT2D eigenvalue weighted by Crippen LogP contribution is 2.24. The van der Waals surface area contributed by atoms with Crippen LogP contribution in [0.15, 0.2) is 30.5 Å². The van der Waals surface area contributed by atoms with E-state index in [-0.39, 0.29) is 5.91 Å². The summed E-state index contributed by atoms with van der Waals surface area (Å²) in [5.74, 6) is 0.428. The molecule has 0 fully saturated rings. The Morgan fingerprint density at radius 3 is 2.79 bits per heavy atom. The van der Waals surface area contributed by atoms with E-state index in [1.54, 1.807) is 17.8 Å². The molecule has 0 saturated heterocycles. The van der Waals surface area contributed by atoms with E-state index in [9.17, 15) is 4.79 Å². The number of amides is 1. The zero-order chi connectivity index (χ0) is 13.8. The van der Waals surface area contributed by atoms with E-state index in [2.05, 4.69) is 10.4 Å². The van der Waals surface area contributed by atoms with E-state index in [1.165, 1.54) is 0 Å². The van der Waals surface area contributed by atoms with Crippen molar-refractivity contribution >= 4 is 11.6 Å². The van der Waals surface area contributed by atoms with Crippen LogP contribution < -0.4 is 10.1 Å². The topological polar surface area (TPSA) is 56.1 Å². The lowest BCUT2D eigenvalue weighted by Gasteiger charge is -2.10. The molecular formula is C14H17N3O2. The molecule has 0 aliphatic heterocycles. The van der Waals surface area contributed by atoms with Gasteiger partial charge in [-0.3, -0.25) is 9.48 Å². The van der Waals surface area contributed by atoms with Gasteiger partial charge in [0.15, 0.2) is 5.69 Å². The van der Waals surface area contributed by atoms with Gasteiger partial charge in [-0.25, -0.2) is 0 Å². The minimum Gasteiger partial charge on any atom is -0.492 e. The Kier molecular flexibility index (Phi) is 3.85. The molecule has 0 unspecified atom stereocenters.